The van der Waals surface area contributed by atoms with Crippen molar-refractivity contribution in [1.82, 2.24) is 9.88 Å². The maximum Gasteiger partial charge on any atom is 0.250 e. The minimum absolute atomic E-state index is 0.0243. The molecule has 0 radical (unpaired) electrons. The van der Waals surface area contributed by atoms with Crippen LogP contribution < -0.4 is 11.1 Å². The SMILES string of the molecule is NC(=O)c1ccccc1S(=O)(=O)c1ccc(NCCN2CCCC2)nc1. The number of hydrogen-bond acceptors (Lipinski definition) is 6. The fourth-order valence-electron chi connectivity index (χ4n) is 3.02. The van der Waals surface area contributed by atoms with Crippen LogP contribution in [-0.2, 0) is 9.84 Å². The van der Waals surface area contributed by atoms with E-state index in [2.05, 4.69) is 15.2 Å². The highest BCUT2D eigenvalue weighted by Crippen LogP contribution is 2.24. The smallest absolute Gasteiger partial charge is 0.250 e. The fourth-order valence-corrected chi connectivity index (χ4v) is 4.43. The molecule has 1 amide bonds. The zero-order valence-corrected chi connectivity index (χ0v) is 15.2. The lowest BCUT2D eigenvalue weighted by atomic mass is 10.2. The van der Waals surface area contributed by atoms with Crippen LogP contribution >= 0.6 is 0 Å². The van der Waals surface area contributed by atoms with Crippen molar-refractivity contribution in [2.45, 2.75) is 22.6 Å². The average Bonchev–Trinajstić information content (AvgIpc) is 3.15. The Bertz CT molecular complexity index is 876. The maximum atomic E-state index is 12.8. The monoisotopic (exact) mass is 374 g/mol. The molecule has 0 saturated carbocycles. The third-order valence-electron chi connectivity index (χ3n) is 4.42. The first-order chi connectivity index (χ1) is 12.5. The molecule has 7 nitrogen and oxygen atoms in total. The van der Waals surface area contributed by atoms with Gasteiger partial charge in [0.25, 0.3) is 0 Å². The van der Waals surface area contributed by atoms with Crippen molar-refractivity contribution in [2.75, 3.05) is 31.5 Å². The van der Waals surface area contributed by atoms with Gasteiger partial charge in [0.05, 0.1) is 15.4 Å². The number of aromatic nitrogens is 1. The Morgan fingerprint density at radius 2 is 1.88 bits per heavy atom. The molecule has 138 valence electrons. The van der Waals surface area contributed by atoms with E-state index in [1.807, 2.05) is 0 Å². The number of hydrogen-bond donors (Lipinski definition) is 2. The fraction of sp³-hybridized carbons (Fsp3) is 0.333. The van der Waals surface area contributed by atoms with Gasteiger partial charge in [-0.1, -0.05) is 12.1 Å². The molecule has 0 aliphatic carbocycles. The zero-order chi connectivity index (χ0) is 18.6. The van der Waals surface area contributed by atoms with Gasteiger partial charge in [0.2, 0.25) is 15.7 Å². The predicted octanol–water partition coefficient (Wildman–Crippen LogP) is 1.52. The van der Waals surface area contributed by atoms with E-state index in [4.69, 9.17) is 5.73 Å². The molecule has 1 aromatic heterocycles. The summed E-state index contributed by atoms with van der Waals surface area (Å²) >= 11 is 0. The summed E-state index contributed by atoms with van der Waals surface area (Å²) in [7, 11) is -3.86. The van der Waals surface area contributed by atoms with Crippen molar-refractivity contribution in [3.63, 3.8) is 0 Å². The number of amides is 1. The molecule has 1 fully saturated rings. The van der Waals surface area contributed by atoms with E-state index in [9.17, 15) is 13.2 Å². The van der Waals surface area contributed by atoms with Gasteiger partial charge in [-0.15, -0.1) is 0 Å². The number of primary amides is 1. The van der Waals surface area contributed by atoms with Gasteiger partial charge in [0.1, 0.15) is 5.82 Å². The van der Waals surface area contributed by atoms with Crippen LogP contribution in [-0.4, -0.2) is 50.4 Å². The molecular weight excluding hydrogens is 352 g/mol. The highest BCUT2D eigenvalue weighted by molar-refractivity contribution is 7.91. The molecule has 2 aromatic rings. The number of rotatable bonds is 7. The van der Waals surface area contributed by atoms with Crippen molar-refractivity contribution >= 4 is 21.6 Å². The van der Waals surface area contributed by atoms with Gasteiger partial charge in [-0.05, 0) is 50.2 Å². The molecule has 1 aliphatic rings. The predicted molar refractivity (Wildman–Crippen MR) is 98.8 cm³/mol. The van der Waals surface area contributed by atoms with Crippen LogP contribution in [0.5, 0.6) is 0 Å². The number of benzene rings is 1. The molecule has 0 unspecified atom stereocenters. The van der Waals surface area contributed by atoms with Gasteiger partial charge in [0, 0.05) is 19.3 Å². The number of likely N-dealkylation sites (tertiary alicyclic amines) is 1. The van der Waals surface area contributed by atoms with Crippen molar-refractivity contribution in [3.05, 3.63) is 48.2 Å². The van der Waals surface area contributed by atoms with Gasteiger partial charge in [-0.2, -0.15) is 0 Å². The number of carbonyl (C=O) groups is 1. The van der Waals surface area contributed by atoms with Crippen LogP contribution in [0.15, 0.2) is 52.4 Å². The molecule has 3 N–H and O–H groups in total. The number of anilines is 1. The second-order valence-electron chi connectivity index (χ2n) is 6.22. The summed E-state index contributed by atoms with van der Waals surface area (Å²) in [6.07, 6.45) is 3.79. The topological polar surface area (TPSA) is 105 Å². The molecule has 1 saturated heterocycles. The minimum Gasteiger partial charge on any atom is -0.369 e. The van der Waals surface area contributed by atoms with E-state index in [1.54, 1.807) is 18.2 Å². The standard InChI is InChI=1S/C18H22N4O3S/c19-18(23)15-5-1-2-6-16(15)26(24,25)14-7-8-17(21-13-14)20-9-12-22-10-3-4-11-22/h1-2,5-8,13H,3-4,9-12H2,(H2,19,23)(H,20,21). The van der Waals surface area contributed by atoms with E-state index < -0.39 is 15.7 Å². The quantitative estimate of drug-likeness (QED) is 0.761. The van der Waals surface area contributed by atoms with E-state index in [1.165, 1.54) is 37.2 Å². The molecule has 8 heteroatoms. The van der Waals surface area contributed by atoms with Crippen molar-refractivity contribution in [2.24, 2.45) is 5.73 Å². The average molecular weight is 374 g/mol. The van der Waals surface area contributed by atoms with Gasteiger partial charge < -0.3 is 16.0 Å². The minimum atomic E-state index is -3.86. The van der Waals surface area contributed by atoms with Crippen LogP contribution in [0.25, 0.3) is 0 Å². The molecule has 1 aromatic carbocycles. The Balaban J connectivity index is 1.72. The Morgan fingerprint density at radius 3 is 2.54 bits per heavy atom. The van der Waals surface area contributed by atoms with Crippen LogP contribution in [0.1, 0.15) is 23.2 Å². The number of sulfone groups is 1. The highest BCUT2D eigenvalue weighted by Gasteiger charge is 2.23. The summed E-state index contributed by atoms with van der Waals surface area (Å²) in [5, 5.41) is 3.20. The third kappa shape index (κ3) is 4.03. The number of pyridine rings is 1. The van der Waals surface area contributed by atoms with Crippen molar-refractivity contribution in [3.8, 4) is 0 Å². The number of nitrogens with two attached hydrogens (primary N) is 1. The van der Waals surface area contributed by atoms with Crippen LogP contribution in [0, 0.1) is 0 Å². The van der Waals surface area contributed by atoms with Crippen LogP contribution in [0.2, 0.25) is 0 Å². The van der Waals surface area contributed by atoms with Crippen LogP contribution in [0.3, 0.4) is 0 Å². The van der Waals surface area contributed by atoms with Gasteiger partial charge in [-0.3, -0.25) is 4.79 Å². The van der Waals surface area contributed by atoms with Crippen molar-refractivity contribution < 1.29 is 13.2 Å². The molecule has 26 heavy (non-hydrogen) atoms. The highest BCUT2D eigenvalue weighted by atomic mass is 32.2. The second kappa shape index (κ2) is 7.84. The number of nitrogens with one attached hydrogen (secondary N) is 1. The normalized spacial score (nSPS) is 15.1. The summed E-state index contributed by atoms with van der Waals surface area (Å²) in [5.41, 5.74) is 5.26. The first-order valence-electron chi connectivity index (χ1n) is 8.55. The van der Waals surface area contributed by atoms with E-state index >= 15 is 0 Å². The van der Waals surface area contributed by atoms with E-state index in [0.717, 1.165) is 26.2 Å². The Morgan fingerprint density at radius 1 is 1.15 bits per heavy atom. The van der Waals surface area contributed by atoms with Gasteiger partial charge in [0.15, 0.2) is 0 Å². The largest absolute Gasteiger partial charge is 0.369 e. The summed E-state index contributed by atoms with van der Waals surface area (Å²) in [6, 6.07) is 9.02. The van der Waals surface area contributed by atoms with E-state index in [0.29, 0.717) is 5.82 Å². The van der Waals surface area contributed by atoms with E-state index in [-0.39, 0.29) is 15.4 Å². The number of carbonyl (C=O) groups excluding carboxylic acids is 1. The summed E-state index contributed by atoms with van der Waals surface area (Å²) in [5.74, 6) is -0.163. The molecular formula is C18H22N4O3S. The zero-order valence-electron chi connectivity index (χ0n) is 14.4. The summed E-state index contributed by atoms with van der Waals surface area (Å²) < 4.78 is 25.6. The Kier molecular flexibility index (Phi) is 5.53. The number of nitrogens with zero attached hydrogens (tertiary/aromatic N) is 2. The molecule has 0 atom stereocenters. The first kappa shape index (κ1) is 18.3. The lowest BCUT2D eigenvalue weighted by molar-refractivity contribution is 0.0997. The summed E-state index contributed by atoms with van der Waals surface area (Å²) in [4.78, 5) is 18.0. The Hall–Kier alpha value is -2.45. The lowest BCUT2D eigenvalue weighted by Gasteiger charge is -2.15. The summed E-state index contributed by atoms with van der Waals surface area (Å²) in [6.45, 7) is 3.95. The van der Waals surface area contributed by atoms with Gasteiger partial charge >= 0.3 is 0 Å². The maximum absolute atomic E-state index is 12.8. The molecule has 0 spiro atoms. The molecule has 3 rings (SSSR count). The first-order valence-corrected chi connectivity index (χ1v) is 10.0. The Labute approximate surface area is 153 Å². The lowest BCUT2D eigenvalue weighted by Crippen LogP contribution is -2.26. The third-order valence-corrected chi connectivity index (χ3v) is 6.22. The molecule has 1 aliphatic heterocycles. The van der Waals surface area contributed by atoms with Crippen molar-refractivity contribution in [1.29, 1.82) is 0 Å². The van der Waals surface area contributed by atoms with Gasteiger partial charge in [-0.25, -0.2) is 13.4 Å². The molecule has 2 heterocycles. The van der Waals surface area contributed by atoms with Crippen LogP contribution in [0.4, 0.5) is 5.82 Å². The second-order valence-corrected chi connectivity index (χ2v) is 8.14. The molecule has 0 bridgehead atoms.